The van der Waals surface area contributed by atoms with E-state index in [1.165, 1.54) is 0 Å². The first-order chi connectivity index (χ1) is 28.5. The summed E-state index contributed by atoms with van der Waals surface area (Å²) < 4.78 is 52.8. The average molecular weight is 1010 g/mol. The van der Waals surface area contributed by atoms with E-state index in [0.717, 1.165) is 0 Å². The molecule has 0 spiro atoms. The van der Waals surface area contributed by atoms with Gasteiger partial charge in [-0.05, 0) is 32.5 Å². The fourth-order valence-corrected chi connectivity index (χ4v) is 5.57. The Bertz CT molecular complexity index is 785. The Hall–Kier alpha value is 1.64. The number of hydrogen-bond donors (Lipinski definition) is 0. The van der Waals surface area contributed by atoms with E-state index in [1.807, 2.05) is 125 Å². The maximum absolute atomic E-state index is 12.1. The summed E-state index contributed by atoms with van der Waals surface area (Å²) in [4.78, 5) is 0. The molecule has 389 valence electrons. The van der Waals surface area contributed by atoms with Crippen molar-refractivity contribution < 1.29 is 131 Å². The fraction of sp³-hybridized carbons (Fsp3) is 1.00. The molecule has 2 saturated heterocycles. The number of rotatable bonds is 0. The van der Waals surface area contributed by atoms with Crippen LogP contribution in [0.25, 0.3) is 0 Å². The van der Waals surface area contributed by atoms with E-state index in [1.54, 1.807) is 20.8 Å². The molecule has 0 unspecified atom stereocenters. The summed E-state index contributed by atoms with van der Waals surface area (Å²) in [7, 11) is 0. The largest absolute Gasteiger partial charge is 2.00 e. The van der Waals surface area contributed by atoms with Crippen molar-refractivity contribution in [2.24, 2.45) is 32.5 Å². The Morgan fingerprint density at radius 2 is 0.262 bits per heavy atom. The summed E-state index contributed by atoms with van der Waals surface area (Å²) >= 11 is 0. The van der Waals surface area contributed by atoms with Crippen LogP contribution in [0.1, 0.15) is 145 Å². The molecule has 0 aromatic rings. The molecular weight excluding hydrogens is 903 g/mol. The first-order valence-electron chi connectivity index (χ1n) is 23.4. The molecule has 13 nitrogen and oxygen atoms in total. The molecule has 0 saturated carbocycles. The van der Waals surface area contributed by atoms with Crippen LogP contribution in [0.3, 0.4) is 0 Å². The van der Waals surface area contributed by atoms with Gasteiger partial charge in [-0.1, -0.05) is 145 Å². The Morgan fingerprint density at radius 1 is 0.200 bits per heavy atom. The van der Waals surface area contributed by atoms with E-state index >= 15 is 0 Å². The van der Waals surface area contributed by atoms with Crippen LogP contribution in [0.5, 0.6) is 0 Å². The minimum absolute atomic E-state index is 0. The van der Waals surface area contributed by atoms with Gasteiger partial charge in [-0.2, -0.15) is 0 Å². The summed E-state index contributed by atoms with van der Waals surface area (Å²) in [5, 5.41) is 36.4. The summed E-state index contributed by atoms with van der Waals surface area (Å²) in [6.45, 7) is 53.7. The topological polar surface area (TPSA) is 161 Å². The normalized spacial score (nSPS) is 18.8. The van der Waals surface area contributed by atoms with E-state index < -0.39 is 16.8 Å². The second kappa shape index (κ2) is 37.4. The molecule has 2 rings (SSSR count). The van der Waals surface area contributed by atoms with Crippen LogP contribution >= 0.6 is 0 Å². The predicted molar refractivity (Wildman–Crippen MR) is 250 cm³/mol. The van der Waals surface area contributed by atoms with Crippen molar-refractivity contribution in [3.05, 3.63) is 0 Å². The summed E-state index contributed by atoms with van der Waals surface area (Å²) in [6.07, 6.45) is 0. The van der Waals surface area contributed by atoms with Crippen LogP contribution in [0.15, 0.2) is 0 Å². The second-order valence-corrected chi connectivity index (χ2v) is 22.7. The third-order valence-corrected chi connectivity index (χ3v) is 12.3. The van der Waals surface area contributed by atoms with Gasteiger partial charge in [0.15, 0.2) is 0 Å². The van der Waals surface area contributed by atoms with E-state index in [-0.39, 0.29) is 101 Å². The molecule has 0 aromatic heterocycles. The van der Waals surface area contributed by atoms with Gasteiger partial charge in [0.1, 0.15) is 0 Å². The van der Waals surface area contributed by atoms with Crippen LogP contribution in [0.4, 0.5) is 0 Å². The predicted octanol–water partition coefficient (Wildman–Crippen LogP) is 3.76. The quantitative estimate of drug-likeness (QED) is 0.323. The minimum Gasteiger partial charge on any atom is -0.849 e. The molecule has 0 N–H and O–H groups in total. The second-order valence-electron chi connectivity index (χ2n) is 22.7. The van der Waals surface area contributed by atoms with E-state index in [4.69, 9.17) is 47.4 Å². The Balaban J connectivity index is -0.000000231. The molecule has 65 heavy (non-hydrogen) atoms. The average Bonchev–Trinajstić information content (AvgIpc) is 3.14. The molecule has 15 heteroatoms. The zero-order valence-corrected chi connectivity index (χ0v) is 50.6. The minimum atomic E-state index is -0.875. The van der Waals surface area contributed by atoms with Crippen molar-refractivity contribution in [2.75, 3.05) is 132 Å². The third-order valence-electron chi connectivity index (χ3n) is 12.3. The molecule has 2 aliphatic rings. The molecule has 0 aliphatic carbocycles. The van der Waals surface area contributed by atoms with Crippen molar-refractivity contribution in [1.82, 2.24) is 0 Å². The van der Waals surface area contributed by atoms with Gasteiger partial charge in [-0.15, -0.1) is 16.8 Å². The molecule has 2 heterocycles. The van der Waals surface area contributed by atoms with Crippen LogP contribution in [0, 0.1) is 32.5 Å². The van der Waals surface area contributed by atoms with Crippen LogP contribution in [-0.4, -0.2) is 149 Å². The molecule has 1 radical (unpaired) electrons. The molecule has 2 fully saturated rings. The van der Waals surface area contributed by atoms with Gasteiger partial charge in [0.05, 0.1) is 132 Å². The molecule has 0 bridgehead atoms. The van der Waals surface area contributed by atoms with Crippen molar-refractivity contribution in [3.8, 4) is 0 Å². The molecule has 0 amide bonds. The Labute approximate surface area is 454 Å². The van der Waals surface area contributed by atoms with E-state index in [0.29, 0.717) is 132 Å². The van der Waals surface area contributed by atoms with Gasteiger partial charge < -0.3 is 62.7 Å². The summed E-state index contributed by atoms with van der Waals surface area (Å²) in [5.74, 6) is 0. The van der Waals surface area contributed by atoms with Gasteiger partial charge in [-0.3, -0.25) is 0 Å². The van der Waals surface area contributed by atoms with Crippen LogP contribution in [-0.2, 0) is 64.4 Å². The number of ether oxygens (including phenoxy) is 10. The van der Waals surface area contributed by atoms with Crippen molar-refractivity contribution in [1.29, 1.82) is 0 Å². The molecule has 0 aromatic carbocycles. The SMILES string of the molecule is C1COCCOCCOCCOCCO1.C1COCCOCCOCCOCCO1.CC(C)(C)C(C)([O-])C(C)(C)C.CC(C)(C)C(C)([O-])C(C)(C)C.CC(C)(C)C(C)([O-])C(C)(C)C.[K+].[Mn+2]. The van der Waals surface area contributed by atoms with Crippen LogP contribution in [0.2, 0.25) is 0 Å². The summed E-state index contributed by atoms with van der Waals surface area (Å²) in [6, 6.07) is 0. The van der Waals surface area contributed by atoms with Gasteiger partial charge >= 0.3 is 68.5 Å². The van der Waals surface area contributed by atoms with Gasteiger partial charge in [0, 0.05) is 0 Å². The third kappa shape index (κ3) is 36.2. The molecule has 0 atom stereocenters. The number of hydrogen-bond acceptors (Lipinski definition) is 13. The standard InChI is InChI=1S/2C10H20O5.3C10H21O.K.Mn/c2*1-2-12-5-6-14-9-10-15-8-7-13-4-3-11-1;3*1-8(2,3)10(7,11)9(4,5)6;;/h2*1-10H2;3*1-7H3;;/q;;3*-1;+1;+2. The first-order valence-corrected chi connectivity index (χ1v) is 23.4. The Morgan fingerprint density at radius 3 is 0.292 bits per heavy atom. The van der Waals surface area contributed by atoms with Crippen molar-refractivity contribution >= 4 is 0 Å². The molecular formula is C50H103KMnO13. The fourth-order valence-electron chi connectivity index (χ4n) is 5.57. The maximum atomic E-state index is 12.1. The van der Waals surface area contributed by atoms with Crippen molar-refractivity contribution in [2.45, 2.75) is 162 Å². The monoisotopic (exact) mass is 1010 g/mol. The zero-order valence-electron chi connectivity index (χ0n) is 46.3. The van der Waals surface area contributed by atoms with Crippen LogP contribution < -0.4 is 66.7 Å². The van der Waals surface area contributed by atoms with Gasteiger partial charge in [0.2, 0.25) is 0 Å². The van der Waals surface area contributed by atoms with Gasteiger partial charge in [-0.25, -0.2) is 0 Å². The van der Waals surface area contributed by atoms with Crippen molar-refractivity contribution in [3.63, 3.8) is 0 Å². The smallest absolute Gasteiger partial charge is 0.849 e. The van der Waals surface area contributed by atoms with E-state index in [9.17, 15) is 15.3 Å². The van der Waals surface area contributed by atoms with Gasteiger partial charge in [0.25, 0.3) is 0 Å². The maximum Gasteiger partial charge on any atom is 2.00 e. The molecule has 2 aliphatic heterocycles. The first kappa shape index (κ1) is 75.6. The van der Waals surface area contributed by atoms with E-state index in [2.05, 4.69) is 0 Å². The summed E-state index contributed by atoms with van der Waals surface area (Å²) in [5.41, 5.74) is -3.68. The zero-order chi connectivity index (χ0) is 49.7. The Kier molecular flexibility index (Phi) is 43.5.